The van der Waals surface area contributed by atoms with Gasteiger partial charge in [0.2, 0.25) is 5.82 Å². The van der Waals surface area contributed by atoms with E-state index in [1.54, 1.807) is 36.7 Å². The van der Waals surface area contributed by atoms with Crippen LogP contribution in [0, 0.1) is 0 Å². The number of benzene rings is 1. The first-order chi connectivity index (χ1) is 11.1. The third-order valence-electron chi connectivity index (χ3n) is 2.93. The molecule has 0 aliphatic heterocycles. The predicted octanol–water partition coefficient (Wildman–Crippen LogP) is 3.47. The molecule has 0 saturated heterocycles. The first-order valence-electron chi connectivity index (χ1n) is 6.38. The van der Waals surface area contributed by atoms with Gasteiger partial charge in [0.25, 0.3) is 5.88 Å². The van der Waals surface area contributed by atoms with Crippen molar-refractivity contribution in [3.8, 4) is 5.88 Å². The number of fused-ring (bicyclic) bond motifs is 1. The van der Waals surface area contributed by atoms with Gasteiger partial charge in [0, 0.05) is 6.20 Å². The third-order valence-corrected chi connectivity index (χ3v) is 4.98. The van der Waals surface area contributed by atoms with E-state index in [1.165, 1.54) is 7.11 Å². The molecule has 0 aliphatic carbocycles. The zero-order valence-electron chi connectivity index (χ0n) is 11.8. The smallest absolute Gasteiger partial charge is 0.258 e. The molecule has 6 nitrogen and oxygen atoms in total. The molecule has 1 N–H and O–H groups in total. The maximum atomic E-state index is 12.5. The van der Waals surface area contributed by atoms with Gasteiger partial charge in [0.1, 0.15) is 5.52 Å². The molecule has 9 heteroatoms. The summed E-state index contributed by atoms with van der Waals surface area (Å²) in [5.74, 6) is 0.442. The largest absolute Gasteiger partial charge is 0.478 e. The van der Waals surface area contributed by atoms with Gasteiger partial charge in [0.05, 0.1) is 33.8 Å². The highest BCUT2D eigenvalue weighted by molar-refractivity contribution is 7.86. The summed E-state index contributed by atoms with van der Waals surface area (Å²) in [7, 11) is -0.224. The van der Waals surface area contributed by atoms with Gasteiger partial charge in [-0.25, -0.2) is 14.2 Å². The molecular formula is C14H10Cl2N4O2S. The minimum atomic E-state index is -1.68. The highest BCUT2D eigenvalue weighted by Crippen LogP contribution is 2.30. The molecule has 3 rings (SSSR count). The van der Waals surface area contributed by atoms with Crippen LogP contribution in [0.25, 0.3) is 11.0 Å². The van der Waals surface area contributed by atoms with Gasteiger partial charge >= 0.3 is 0 Å². The summed E-state index contributed by atoms with van der Waals surface area (Å²) in [5, 5.41) is 0.541. The van der Waals surface area contributed by atoms with E-state index in [-0.39, 0.29) is 16.7 Å². The van der Waals surface area contributed by atoms with Crippen LogP contribution >= 0.6 is 23.2 Å². The molecule has 1 aromatic carbocycles. The predicted molar refractivity (Wildman–Crippen MR) is 90.4 cm³/mol. The number of nitrogens with one attached hydrogen (secondary N) is 1. The summed E-state index contributed by atoms with van der Waals surface area (Å²) in [6.07, 6.45) is 3.16. The molecule has 2 heterocycles. The van der Waals surface area contributed by atoms with Gasteiger partial charge in [-0.2, -0.15) is 0 Å². The minimum absolute atomic E-state index is 0.206. The first kappa shape index (κ1) is 15.9. The van der Waals surface area contributed by atoms with Gasteiger partial charge < -0.3 is 4.74 Å². The molecule has 1 unspecified atom stereocenters. The number of methoxy groups -OCH3 is 1. The van der Waals surface area contributed by atoms with Crippen LogP contribution < -0.4 is 9.46 Å². The number of pyridine rings is 1. The molecular weight excluding hydrogens is 359 g/mol. The number of anilines is 1. The Morgan fingerprint density at radius 1 is 1.17 bits per heavy atom. The molecule has 0 fully saturated rings. The molecule has 2 aromatic heterocycles. The molecule has 0 saturated carbocycles. The Kier molecular flexibility index (Phi) is 4.61. The Hall–Kier alpha value is -1.96. The van der Waals surface area contributed by atoms with Crippen LogP contribution in [0.2, 0.25) is 10.0 Å². The summed E-state index contributed by atoms with van der Waals surface area (Å²) < 4.78 is 20.4. The fourth-order valence-corrected chi connectivity index (χ4v) is 3.33. The van der Waals surface area contributed by atoms with Crippen LogP contribution in [-0.2, 0) is 11.0 Å². The van der Waals surface area contributed by atoms with E-state index in [9.17, 15) is 4.21 Å². The standard InChI is InChI=1S/C14H10Cl2N4O2S/c1-22-14-13(18-9-5-6-17-7-10(9)19-14)20-23(21)11-4-2-3-8(15)12(11)16/h2-7H,1H3,(H,18,20). The van der Waals surface area contributed by atoms with Crippen LogP contribution in [0.1, 0.15) is 0 Å². The third kappa shape index (κ3) is 3.21. The Morgan fingerprint density at radius 3 is 2.78 bits per heavy atom. The lowest BCUT2D eigenvalue weighted by Crippen LogP contribution is -2.09. The molecule has 23 heavy (non-hydrogen) atoms. The number of halogens is 2. The molecule has 1 atom stereocenters. The maximum absolute atomic E-state index is 12.5. The van der Waals surface area contributed by atoms with Gasteiger partial charge in [-0.1, -0.05) is 29.3 Å². The second-order valence-corrected chi connectivity index (χ2v) is 6.34. The molecule has 118 valence electrons. The van der Waals surface area contributed by atoms with Crippen molar-refractivity contribution in [2.24, 2.45) is 0 Å². The number of hydrogen-bond acceptors (Lipinski definition) is 5. The van der Waals surface area contributed by atoms with Crippen molar-refractivity contribution in [3.05, 3.63) is 46.7 Å². The van der Waals surface area contributed by atoms with E-state index in [2.05, 4.69) is 19.7 Å². The van der Waals surface area contributed by atoms with E-state index in [0.29, 0.717) is 21.0 Å². The van der Waals surface area contributed by atoms with Crippen LogP contribution in [0.15, 0.2) is 41.6 Å². The lowest BCUT2D eigenvalue weighted by atomic mass is 10.4. The van der Waals surface area contributed by atoms with Crippen molar-refractivity contribution >= 4 is 51.0 Å². The van der Waals surface area contributed by atoms with Crippen LogP contribution in [0.4, 0.5) is 5.82 Å². The van der Waals surface area contributed by atoms with Gasteiger partial charge in [-0.05, 0) is 18.2 Å². The normalized spacial score (nSPS) is 12.1. The summed E-state index contributed by atoms with van der Waals surface area (Å²) in [4.78, 5) is 13.0. The average Bonchev–Trinajstić information content (AvgIpc) is 2.56. The van der Waals surface area contributed by atoms with Gasteiger partial charge in [0.15, 0.2) is 11.0 Å². The molecule has 3 aromatic rings. The Labute approximate surface area is 144 Å². The van der Waals surface area contributed by atoms with Crippen LogP contribution in [-0.4, -0.2) is 26.3 Å². The number of ether oxygens (including phenoxy) is 1. The van der Waals surface area contributed by atoms with Crippen molar-refractivity contribution in [1.82, 2.24) is 15.0 Å². The number of hydrogen-bond donors (Lipinski definition) is 1. The monoisotopic (exact) mass is 368 g/mol. The fourth-order valence-electron chi connectivity index (χ4n) is 1.87. The number of rotatable bonds is 4. The Bertz CT molecular complexity index is 907. The summed E-state index contributed by atoms with van der Waals surface area (Å²) in [5.41, 5.74) is 1.17. The lowest BCUT2D eigenvalue weighted by Gasteiger charge is -2.11. The highest BCUT2D eigenvalue weighted by atomic mass is 35.5. The highest BCUT2D eigenvalue weighted by Gasteiger charge is 2.16. The summed E-state index contributed by atoms with van der Waals surface area (Å²) in [6, 6.07) is 6.59. The van der Waals surface area contributed by atoms with Crippen LogP contribution in [0.5, 0.6) is 5.88 Å². The molecule has 0 radical (unpaired) electrons. The average molecular weight is 369 g/mol. The second-order valence-electron chi connectivity index (χ2n) is 4.37. The molecule has 0 amide bonds. The van der Waals surface area contributed by atoms with Crippen LogP contribution in [0.3, 0.4) is 0 Å². The second kappa shape index (κ2) is 6.66. The van der Waals surface area contributed by atoms with E-state index in [4.69, 9.17) is 27.9 Å². The molecule has 0 bridgehead atoms. The zero-order chi connectivity index (χ0) is 16.4. The topological polar surface area (TPSA) is 77.0 Å². The number of aromatic nitrogens is 3. The summed E-state index contributed by atoms with van der Waals surface area (Å²) >= 11 is 12.0. The first-order valence-corrected chi connectivity index (χ1v) is 8.29. The Balaban J connectivity index is 2.00. The summed E-state index contributed by atoms with van der Waals surface area (Å²) in [6.45, 7) is 0. The molecule has 0 spiro atoms. The zero-order valence-corrected chi connectivity index (χ0v) is 14.1. The fraction of sp³-hybridized carbons (Fsp3) is 0.0714. The lowest BCUT2D eigenvalue weighted by molar-refractivity contribution is 0.400. The quantitative estimate of drug-likeness (QED) is 0.762. The van der Waals surface area contributed by atoms with E-state index in [1.807, 2.05) is 0 Å². The van der Waals surface area contributed by atoms with Crippen molar-refractivity contribution in [2.75, 3.05) is 11.8 Å². The van der Waals surface area contributed by atoms with Crippen molar-refractivity contribution in [3.63, 3.8) is 0 Å². The van der Waals surface area contributed by atoms with E-state index < -0.39 is 11.0 Å². The van der Waals surface area contributed by atoms with Crippen molar-refractivity contribution in [2.45, 2.75) is 4.90 Å². The minimum Gasteiger partial charge on any atom is -0.478 e. The van der Waals surface area contributed by atoms with Crippen molar-refractivity contribution < 1.29 is 8.95 Å². The van der Waals surface area contributed by atoms with E-state index >= 15 is 0 Å². The number of nitrogens with zero attached hydrogens (tertiary/aromatic N) is 3. The van der Waals surface area contributed by atoms with Crippen molar-refractivity contribution in [1.29, 1.82) is 0 Å². The maximum Gasteiger partial charge on any atom is 0.258 e. The van der Waals surface area contributed by atoms with Gasteiger partial charge in [-0.15, -0.1) is 0 Å². The SMILES string of the molecule is COc1nc2cnccc2nc1NS(=O)c1cccc(Cl)c1Cl. The van der Waals surface area contributed by atoms with Gasteiger partial charge in [-0.3, -0.25) is 9.71 Å². The van der Waals surface area contributed by atoms with E-state index in [0.717, 1.165) is 0 Å². The molecule has 0 aliphatic rings. The Morgan fingerprint density at radius 2 is 2.00 bits per heavy atom.